The average molecular weight is 338 g/mol. The monoisotopic (exact) mass is 338 g/mol. The molecule has 4 rings (SSSR count). The van der Waals surface area contributed by atoms with Gasteiger partial charge >= 0.3 is 0 Å². The fourth-order valence-electron chi connectivity index (χ4n) is 3.31. The zero-order chi connectivity index (χ0) is 17.4. The van der Waals surface area contributed by atoms with Crippen LogP contribution in [-0.4, -0.2) is 38.7 Å². The molecule has 1 aliphatic heterocycles. The molecule has 0 radical (unpaired) electrons. The number of benzene rings is 1. The molecule has 6 nitrogen and oxygen atoms in total. The van der Waals surface area contributed by atoms with Crippen LogP contribution in [0.1, 0.15) is 54.9 Å². The minimum absolute atomic E-state index is 0.0583. The van der Waals surface area contributed by atoms with E-state index < -0.39 is 0 Å². The standard InChI is InChI=1S/C19H22N4O2/c1-13(2)23-12-15(11-20-23)19(24)22-9-7-14(8-10-22)18-21-16-5-3-4-6-17(16)25-18/h3-6,11-14H,7-10H2,1-2H3. The van der Waals surface area contributed by atoms with Crippen molar-refractivity contribution in [1.29, 1.82) is 0 Å². The van der Waals surface area contributed by atoms with Crippen LogP contribution >= 0.6 is 0 Å². The first-order valence-electron chi connectivity index (χ1n) is 8.80. The van der Waals surface area contributed by atoms with Gasteiger partial charge in [0.1, 0.15) is 5.52 Å². The Balaban J connectivity index is 1.42. The van der Waals surface area contributed by atoms with Crippen LogP contribution in [0.2, 0.25) is 0 Å². The molecule has 25 heavy (non-hydrogen) atoms. The van der Waals surface area contributed by atoms with E-state index in [0.29, 0.717) is 5.56 Å². The van der Waals surface area contributed by atoms with Crippen LogP contribution in [0.15, 0.2) is 41.1 Å². The number of hydrogen-bond acceptors (Lipinski definition) is 4. The van der Waals surface area contributed by atoms with Crippen molar-refractivity contribution in [2.45, 2.75) is 38.6 Å². The zero-order valence-electron chi connectivity index (χ0n) is 14.6. The van der Waals surface area contributed by atoms with Gasteiger partial charge in [0.05, 0.1) is 11.8 Å². The lowest BCUT2D eigenvalue weighted by molar-refractivity contribution is 0.0706. The molecule has 1 aliphatic rings. The van der Waals surface area contributed by atoms with E-state index in [4.69, 9.17) is 4.42 Å². The third-order valence-corrected chi connectivity index (χ3v) is 4.82. The highest BCUT2D eigenvalue weighted by molar-refractivity contribution is 5.93. The first-order valence-corrected chi connectivity index (χ1v) is 8.80. The highest BCUT2D eigenvalue weighted by Crippen LogP contribution is 2.30. The summed E-state index contributed by atoms with van der Waals surface area (Å²) >= 11 is 0. The number of carbonyl (C=O) groups is 1. The summed E-state index contributed by atoms with van der Waals surface area (Å²) in [5.74, 6) is 1.12. The van der Waals surface area contributed by atoms with Crippen molar-refractivity contribution in [3.05, 3.63) is 48.1 Å². The molecule has 1 amide bonds. The van der Waals surface area contributed by atoms with Crippen molar-refractivity contribution in [3.63, 3.8) is 0 Å². The average Bonchev–Trinajstić information content (AvgIpc) is 3.28. The van der Waals surface area contributed by atoms with E-state index >= 15 is 0 Å². The maximum atomic E-state index is 12.7. The van der Waals surface area contributed by atoms with Crippen molar-refractivity contribution in [3.8, 4) is 0 Å². The third-order valence-electron chi connectivity index (χ3n) is 4.82. The summed E-state index contributed by atoms with van der Waals surface area (Å²) in [6.45, 7) is 5.53. The minimum Gasteiger partial charge on any atom is -0.440 e. The normalized spacial score (nSPS) is 16.0. The van der Waals surface area contributed by atoms with Crippen molar-refractivity contribution < 1.29 is 9.21 Å². The number of aromatic nitrogens is 3. The Morgan fingerprint density at radius 2 is 2.00 bits per heavy atom. The van der Waals surface area contributed by atoms with Gasteiger partial charge in [-0.3, -0.25) is 9.48 Å². The molecule has 2 aromatic heterocycles. The second-order valence-corrected chi connectivity index (χ2v) is 6.89. The molecule has 0 saturated carbocycles. The highest BCUT2D eigenvalue weighted by Gasteiger charge is 2.28. The van der Waals surface area contributed by atoms with Crippen LogP contribution in [0.25, 0.3) is 11.1 Å². The Morgan fingerprint density at radius 3 is 2.68 bits per heavy atom. The predicted molar refractivity (Wildman–Crippen MR) is 94.5 cm³/mol. The lowest BCUT2D eigenvalue weighted by Crippen LogP contribution is -2.37. The van der Waals surface area contributed by atoms with Gasteiger partial charge in [-0.2, -0.15) is 5.10 Å². The van der Waals surface area contributed by atoms with Gasteiger partial charge in [0.25, 0.3) is 5.91 Å². The Kier molecular flexibility index (Phi) is 4.03. The molecule has 0 N–H and O–H groups in total. The molecule has 0 spiro atoms. The number of rotatable bonds is 3. The van der Waals surface area contributed by atoms with Gasteiger partial charge in [-0.25, -0.2) is 4.98 Å². The molecule has 3 aromatic rings. The van der Waals surface area contributed by atoms with Gasteiger partial charge in [-0.05, 0) is 38.8 Å². The molecule has 1 saturated heterocycles. The molecule has 130 valence electrons. The van der Waals surface area contributed by atoms with Gasteiger partial charge in [-0.15, -0.1) is 0 Å². The van der Waals surface area contributed by atoms with Crippen molar-refractivity contribution in [1.82, 2.24) is 19.7 Å². The van der Waals surface area contributed by atoms with Gasteiger partial charge in [0, 0.05) is 31.2 Å². The van der Waals surface area contributed by atoms with Gasteiger partial charge in [-0.1, -0.05) is 12.1 Å². The second kappa shape index (κ2) is 6.35. The summed E-state index contributed by atoms with van der Waals surface area (Å²) < 4.78 is 7.71. The van der Waals surface area contributed by atoms with Crippen molar-refractivity contribution in [2.75, 3.05) is 13.1 Å². The summed E-state index contributed by atoms with van der Waals surface area (Å²) in [7, 11) is 0. The summed E-state index contributed by atoms with van der Waals surface area (Å²) in [5.41, 5.74) is 2.39. The SMILES string of the molecule is CC(C)n1cc(C(=O)N2CCC(c3nc4ccccc4o3)CC2)cn1. The third kappa shape index (κ3) is 3.04. The fourth-order valence-corrected chi connectivity index (χ4v) is 3.31. The number of oxazole rings is 1. The smallest absolute Gasteiger partial charge is 0.257 e. The van der Waals surface area contributed by atoms with E-state index in [9.17, 15) is 4.79 Å². The summed E-state index contributed by atoms with van der Waals surface area (Å²) in [5, 5.41) is 4.26. The summed E-state index contributed by atoms with van der Waals surface area (Å²) in [4.78, 5) is 19.2. The molecule has 0 atom stereocenters. The Hall–Kier alpha value is -2.63. The van der Waals surface area contributed by atoms with Crippen LogP contribution in [0.3, 0.4) is 0 Å². The number of para-hydroxylation sites is 2. The number of fused-ring (bicyclic) bond motifs is 1. The fraction of sp³-hybridized carbons (Fsp3) is 0.421. The van der Waals surface area contributed by atoms with E-state index in [0.717, 1.165) is 42.9 Å². The molecule has 0 bridgehead atoms. The predicted octanol–water partition coefficient (Wildman–Crippen LogP) is 3.63. The van der Waals surface area contributed by atoms with E-state index in [1.165, 1.54) is 0 Å². The number of likely N-dealkylation sites (tertiary alicyclic amines) is 1. The van der Waals surface area contributed by atoms with Crippen LogP contribution in [0.5, 0.6) is 0 Å². The number of hydrogen-bond donors (Lipinski definition) is 0. The van der Waals surface area contributed by atoms with E-state index in [1.807, 2.05) is 53.9 Å². The molecular formula is C19H22N4O2. The van der Waals surface area contributed by atoms with Gasteiger partial charge < -0.3 is 9.32 Å². The van der Waals surface area contributed by atoms with Crippen LogP contribution < -0.4 is 0 Å². The maximum absolute atomic E-state index is 12.7. The highest BCUT2D eigenvalue weighted by atomic mass is 16.3. The van der Waals surface area contributed by atoms with Crippen LogP contribution in [-0.2, 0) is 0 Å². The zero-order valence-corrected chi connectivity index (χ0v) is 14.6. The largest absolute Gasteiger partial charge is 0.440 e. The molecule has 6 heteroatoms. The summed E-state index contributed by atoms with van der Waals surface area (Å²) in [6, 6.07) is 8.08. The topological polar surface area (TPSA) is 64.2 Å². The molecule has 0 aliphatic carbocycles. The first-order chi connectivity index (χ1) is 12.1. The quantitative estimate of drug-likeness (QED) is 0.731. The Morgan fingerprint density at radius 1 is 1.24 bits per heavy atom. The molecular weight excluding hydrogens is 316 g/mol. The van der Waals surface area contributed by atoms with Crippen LogP contribution in [0, 0.1) is 0 Å². The Labute approximate surface area is 146 Å². The molecule has 0 unspecified atom stereocenters. The number of nitrogens with zero attached hydrogens (tertiary/aromatic N) is 4. The Bertz CT molecular complexity index is 855. The van der Waals surface area contributed by atoms with Gasteiger partial charge in [0.2, 0.25) is 0 Å². The minimum atomic E-state index is 0.0583. The van der Waals surface area contributed by atoms with E-state index in [2.05, 4.69) is 10.1 Å². The number of amides is 1. The number of carbonyl (C=O) groups excluding carboxylic acids is 1. The van der Waals surface area contributed by atoms with Crippen LogP contribution in [0.4, 0.5) is 0 Å². The lowest BCUT2D eigenvalue weighted by Gasteiger charge is -2.30. The molecule has 1 aromatic carbocycles. The van der Waals surface area contributed by atoms with E-state index in [-0.39, 0.29) is 17.9 Å². The van der Waals surface area contributed by atoms with Gasteiger partial charge in [0.15, 0.2) is 11.5 Å². The van der Waals surface area contributed by atoms with Crippen molar-refractivity contribution >= 4 is 17.0 Å². The van der Waals surface area contributed by atoms with Crippen molar-refractivity contribution in [2.24, 2.45) is 0 Å². The van der Waals surface area contributed by atoms with E-state index in [1.54, 1.807) is 6.20 Å². The molecule has 3 heterocycles. The lowest BCUT2D eigenvalue weighted by atomic mass is 9.96. The second-order valence-electron chi connectivity index (χ2n) is 6.89. The number of piperidine rings is 1. The molecule has 1 fully saturated rings. The maximum Gasteiger partial charge on any atom is 0.257 e. The summed E-state index contributed by atoms with van der Waals surface area (Å²) in [6.07, 6.45) is 5.24. The first kappa shape index (κ1) is 15.9.